The summed E-state index contributed by atoms with van der Waals surface area (Å²) in [6.07, 6.45) is 1.85. The van der Waals surface area contributed by atoms with Crippen molar-refractivity contribution in [2.75, 3.05) is 13.2 Å². The van der Waals surface area contributed by atoms with Crippen molar-refractivity contribution in [3.05, 3.63) is 46.8 Å². The zero-order chi connectivity index (χ0) is 14.2. The van der Waals surface area contributed by atoms with E-state index < -0.39 is 0 Å². The molecule has 1 heterocycles. The maximum absolute atomic E-state index is 5.59. The zero-order valence-electron chi connectivity index (χ0n) is 11.4. The molecule has 0 saturated heterocycles. The third-order valence-corrected chi connectivity index (χ3v) is 2.94. The van der Waals surface area contributed by atoms with Gasteiger partial charge in [-0.25, -0.2) is 4.98 Å². The van der Waals surface area contributed by atoms with Gasteiger partial charge < -0.3 is 9.47 Å². The summed E-state index contributed by atoms with van der Waals surface area (Å²) in [5.41, 5.74) is 0. The number of hydrogen-bond acceptors (Lipinski definition) is 4. The van der Waals surface area contributed by atoms with Crippen LogP contribution in [0.25, 0.3) is 0 Å². The van der Waals surface area contributed by atoms with Gasteiger partial charge in [-0.2, -0.15) is 4.98 Å². The molecule has 4 nitrogen and oxygen atoms in total. The Bertz CT molecular complexity index is 535. The first kappa shape index (κ1) is 14.8. The number of halogens is 1. The fourth-order valence-electron chi connectivity index (χ4n) is 1.67. The van der Waals surface area contributed by atoms with Gasteiger partial charge in [0, 0.05) is 12.5 Å². The van der Waals surface area contributed by atoms with Crippen LogP contribution < -0.4 is 9.47 Å². The van der Waals surface area contributed by atoms with Crippen molar-refractivity contribution in [2.45, 2.75) is 19.8 Å². The lowest BCUT2D eigenvalue weighted by atomic mass is 10.3. The second-order valence-electron chi connectivity index (χ2n) is 4.21. The fourth-order valence-corrected chi connectivity index (χ4v) is 2.07. The van der Waals surface area contributed by atoms with Crippen LogP contribution in [0.1, 0.15) is 19.2 Å². The molecule has 106 valence electrons. The highest BCUT2D eigenvalue weighted by atomic mass is 79.9. The minimum absolute atomic E-state index is 0.448. The molecular weight excluding hydrogens is 320 g/mol. The van der Waals surface area contributed by atoms with Gasteiger partial charge in [-0.3, -0.25) is 0 Å². The zero-order valence-corrected chi connectivity index (χ0v) is 13.0. The quantitative estimate of drug-likeness (QED) is 0.571. The molecule has 1 aromatic heterocycles. The van der Waals surface area contributed by atoms with E-state index in [0.717, 1.165) is 29.0 Å². The standard InChI is InChI=1S/C15H17BrN2O2/c1-2-6-14-17-13(16)11-15(18-14)20-10-9-19-12-7-4-3-5-8-12/h3-5,7-8,11H,2,6,9-10H2,1H3. The van der Waals surface area contributed by atoms with Gasteiger partial charge in [0.2, 0.25) is 5.88 Å². The van der Waals surface area contributed by atoms with Crippen molar-refractivity contribution in [3.63, 3.8) is 0 Å². The number of nitrogens with zero attached hydrogens (tertiary/aromatic N) is 2. The van der Waals surface area contributed by atoms with Gasteiger partial charge >= 0.3 is 0 Å². The number of rotatable bonds is 7. The second-order valence-corrected chi connectivity index (χ2v) is 5.02. The lowest BCUT2D eigenvalue weighted by Crippen LogP contribution is -2.10. The molecule has 0 bridgehead atoms. The summed E-state index contributed by atoms with van der Waals surface area (Å²) in [4.78, 5) is 8.64. The summed E-state index contributed by atoms with van der Waals surface area (Å²) < 4.78 is 11.9. The molecule has 0 aliphatic carbocycles. The van der Waals surface area contributed by atoms with E-state index in [1.54, 1.807) is 6.07 Å². The SMILES string of the molecule is CCCc1nc(Br)cc(OCCOc2ccccc2)n1. The van der Waals surface area contributed by atoms with Gasteiger partial charge in [-0.15, -0.1) is 0 Å². The van der Waals surface area contributed by atoms with E-state index in [2.05, 4.69) is 32.8 Å². The smallest absolute Gasteiger partial charge is 0.217 e. The molecule has 1 aromatic carbocycles. The second kappa shape index (κ2) is 7.85. The van der Waals surface area contributed by atoms with Gasteiger partial charge in [-0.05, 0) is 34.5 Å². The Hall–Kier alpha value is -1.62. The van der Waals surface area contributed by atoms with Crippen LogP contribution >= 0.6 is 15.9 Å². The molecule has 0 aliphatic rings. The first-order valence-corrected chi connectivity index (χ1v) is 7.41. The summed E-state index contributed by atoms with van der Waals surface area (Å²) in [5.74, 6) is 2.21. The van der Waals surface area contributed by atoms with E-state index in [1.807, 2.05) is 30.3 Å². The van der Waals surface area contributed by atoms with Crippen molar-refractivity contribution < 1.29 is 9.47 Å². The largest absolute Gasteiger partial charge is 0.490 e. The van der Waals surface area contributed by atoms with E-state index in [1.165, 1.54) is 0 Å². The number of benzene rings is 1. The first-order valence-electron chi connectivity index (χ1n) is 6.62. The predicted molar refractivity (Wildman–Crippen MR) is 81.2 cm³/mol. The molecule has 20 heavy (non-hydrogen) atoms. The highest BCUT2D eigenvalue weighted by Gasteiger charge is 2.03. The summed E-state index contributed by atoms with van der Waals surface area (Å²) >= 11 is 3.37. The topological polar surface area (TPSA) is 44.2 Å². The molecule has 0 N–H and O–H groups in total. The molecule has 0 saturated carbocycles. The van der Waals surface area contributed by atoms with Crippen molar-refractivity contribution in [2.24, 2.45) is 0 Å². The van der Waals surface area contributed by atoms with E-state index in [4.69, 9.17) is 9.47 Å². The van der Waals surface area contributed by atoms with Gasteiger partial charge in [-0.1, -0.05) is 25.1 Å². The summed E-state index contributed by atoms with van der Waals surface area (Å²) in [6, 6.07) is 11.4. The maximum atomic E-state index is 5.59. The summed E-state index contributed by atoms with van der Waals surface area (Å²) in [5, 5.41) is 0. The fraction of sp³-hybridized carbons (Fsp3) is 0.333. The maximum Gasteiger partial charge on any atom is 0.217 e. The normalized spacial score (nSPS) is 10.3. The molecule has 2 rings (SSSR count). The van der Waals surface area contributed by atoms with Crippen molar-refractivity contribution in [3.8, 4) is 11.6 Å². The number of para-hydroxylation sites is 1. The van der Waals surface area contributed by atoms with Crippen LogP contribution in [0.15, 0.2) is 41.0 Å². The van der Waals surface area contributed by atoms with Crippen molar-refractivity contribution >= 4 is 15.9 Å². The highest BCUT2D eigenvalue weighted by molar-refractivity contribution is 9.10. The van der Waals surface area contributed by atoms with E-state index >= 15 is 0 Å². The Kier molecular flexibility index (Phi) is 5.80. The van der Waals surface area contributed by atoms with Crippen LogP contribution in [0, 0.1) is 0 Å². The molecule has 0 fully saturated rings. The third-order valence-electron chi connectivity index (χ3n) is 2.54. The number of aryl methyl sites for hydroxylation is 1. The summed E-state index contributed by atoms with van der Waals surface area (Å²) in [7, 11) is 0. The van der Waals surface area contributed by atoms with Crippen LogP contribution in [-0.2, 0) is 6.42 Å². The monoisotopic (exact) mass is 336 g/mol. The van der Waals surface area contributed by atoms with Crippen LogP contribution in [0.2, 0.25) is 0 Å². The van der Waals surface area contributed by atoms with Crippen molar-refractivity contribution in [1.29, 1.82) is 0 Å². The first-order chi connectivity index (χ1) is 9.78. The Morgan fingerprint density at radius 1 is 1.05 bits per heavy atom. The van der Waals surface area contributed by atoms with Gasteiger partial charge in [0.1, 0.15) is 29.4 Å². The van der Waals surface area contributed by atoms with Crippen LogP contribution in [-0.4, -0.2) is 23.2 Å². The molecule has 5 heteroatoms. The van der Waals surface area contributed by atoms with Gasteiger partial charge in [0.15, 0.2) is 0 Å². The van der Waals surface area contributed by atoms with Crippen LogP contribution in [0.4, 0.5) is 0 Å². The van der Waals surface area contributed by atoms with Crippen molar-refractivity contribution in [1.82, 2.24) is 9.97 Å². The number of aromatic nitrogens is 2. The third kappa shape index (κ3) is 4.81. The molecule has 0 amide bonds. The highest BCUT2D eigenvalue weighted by Crippen LogP contribution is 2.15. The Balaban J connectivity index is 1.81. The lowest BCUT2D eigenvalue weighted by molar-refractivity contribution is 0.211. The number of hydrogen-bond donors (Lipinski definition) is 0. The molecule has 0 atom stereocenters. The Morgan fingerprint density at radius 3 is 2.55 bits per heavy atom. The Morgan fingerprint density at radius 2 is 1.80 bits per heavy atom. The minimum Gasteiger partial charge on any atom is -0.490 e. The molecular formula is C15H17BrN2O2. The van der Waals surface area contributed by atoms with E-state index in [-0.39, 0.29) is 0 Å². The average Bonchev–Trinajstić information content (AvgIpc) is 2.45. The van der Waals surface area contributed by atoms with Gasteiger partial charge in [0.05, 0.1) is 0 Å². The lowest BCUT2D eigenvalue weighted by Gasteiger charge is -2.08. The van der Waals surface area contributed by atoms with E-state index in [0.29, 0.717) is 19.1 Å². The molecule has 0 radical (unpaired) electrons. The predicted octanol–water partition coefficient (Wildman–Crippen LogP) is 3.65. The summed E-state index contributed by atoms with van der Waals surface area (Å²) in [6.45, 7) is 3.02. The molecule has 2 aromatic rings. The average molecular weight is 337 g/mol. The van der Waals surface area contributed by atoms with Crippen LogP contribution in [0.5, 0.6) is 11.6 Å². The Labute approximate surface area is 127 Å². The minimum atomic E-state index is 0.448. The number of ether oxygens (including phenoxy) is 2. The molecule has 0 aliphatic heterocycles. The molecule has 0 spiro atoms. The van der Waals surface area contributed by atoms with Gasteiger partial charge in [0.25, 0.3) is 0 Å². The molecule has 0 unspecified atom stereocenters. The van der Waals surface area contributed by atoms with E-state index in [9.17, 15) is 0 Å². The van der Waals surface area contributed by atoms with Crippen LogP contribution in [0.3, 0.4) is 0 Å².